The molecule has 29 heavy (non-hydrogen) atoms. The highest BCUT2D eigenvalue weighted by Crippen LogP contribution is 2.19. The van der Waals surface area contributed by atoms with E-state index in [-0.39, 0.29) is 11.9 Å². The van der Waals surface area contributed by atoms with E-state index in [1.165, 1.54) is 17.3 Å². The quantitative estimate of drug-likeness (QED) is 0.588. The summed E-state index contributed by atoms with van der Waals surface area (Å²) in [5.74, 6) is -0.0101. The molecule has 1 heterocycles. The number of carbonyl (C=O) groups is 2. The van der Waals surface area contributed by atoms with E-state index < -0.39 is 0 Å². The van der Waals surface area contributed by atoms with Crippen molar-refractivity contribution in [2.75, 3.05) is 17.2 Å². The first-order chi connectivity index (χ1) is 14.0. The molecule has 1 amide bonds. The molecule has 1 aromatic heterocycles. The van der Waals surface area contributed by atoms with Crippen LogP contribution >= 0.6 is 0 Å². The van der Waals surface area contributed by atoms with Crippen LogP contribution in [0, 0.1) is 13.8 Å². The summed E-state index contributed by atoms with van der Waals surface area (Å²) in [5, 5.41) is 6.02. The molecular formula is C23H23N3O3. The van der Waals surface area contributed by atoms with E-state index in [1.807, 2.05) is 12.1 Å². The lowest BCUT2D eigenvalue weighted by molar-refractivity contribution is 0.0526. The molecule has 148 valence electrons. The van der Waals surface area contributed by atoms with E-state index in [2.05, 4.69) is 35.5 Å². The number of esters is 1. The Morgan fingerprint density at radius 2 is 1.59 bits per heavy atom. The van der Waals surface area contributed by atoms with Crippen LogP contribution in [0.5, 0.6) is 0 Å². The van der Waals surface area contributed by atoms with E-state index in [4.69, 9.17) is 4.74 Å². The first kappa shape index (κ1) is 20.1. The molecule has 0 aliphatic carbocycles. The van der Waals surface area contributed by atoms with Crippen LogP contribution in [0.25, 0.3) is 0 Å². The first-order valence-corrected chi connectivity index (χ1v) is 9.35. The fourth-order valence-electron chi connectivity index (χ4n) is 2.68. The third kappa shape index (κ3) is 5.19. The van der Waals surface area contributed by atoms with Gasteiger partial charge < -0.3 is 15.4 Å². The van der Waals surface area contributed by atoms with Gasteiger partial charge in [0.1, 0.15) is 5.82 Å². The summed E-state index contributed by atoms with van der Waals surface area (Å²) in [4.78, 5) is 28.4. The highest BCUT2D eigenvalue weighted by molar-refractivity contribution is 6.04. The maximum absolute atomic E-state index is 12.4. The Bertz CT molecular complexity index is 1010. The standard InChI is InChI=1S/C23H23N3O3/c1-4-29-23(28)17-6-10-19(11-7-17)26-22(27)18-8-12-21(24-14-18)25-20-9-5-15(2)16(3)13-20/h5-14H,4H2,1-3H3,(H,24,25)(H,26,27). The third-order valence-electron chi connectivity index (χ3n) is 4.46. The summed E-state index contributed by atoms with van der Waals surface area (Å²) in [6.07, 6.45) is 1.52. The number of aromatic nitrogens is 1. The summed E-state index contributed by atoms with van der Waals surface area (Å²) >= 11 is 0. The molecular weight excluding hydrogens is 366 g/mol. The number of ether oxygens (including phenoxy) is 1. The van der Waals surface area contributed by atoms with Crippen LogP contribution in [-0.4, -0.2) is 23.5 Å². The van der Waals surface area contributed by atoms with Gasteiger partial charge in [-0.1, -0.05) is 6.07 Å². The van der Waals surface area contributed by atoms with Crippen LogP contribution in [0.3, 0.4) is 0 Å². The van der Waals surface area contributed by atoms with Gasteiger partial charge in [-0.3, -0.25) is 4.79 Å². The Morgan fingerprint density at radius 3 is 2.21 bits per heavy atom. The zero-order valence-electron chi connectivity index (χ0n) is 16.7. The average Bonchev–Trinajstić information content (AvgIpc) is 2.72. The molecule has 0 atom stereocenters. The minimum atomic E-state index is -0.388. The van der Waals surface area contributed by atoms with Crippen molar-refractivity contribution in [1.29, 1.82) is 0 Å². The van der Waals surface area contributed by atoms with Gasteiger partial charge in [-0.05, 0) is 80.4 Å². The van der Waals surface area contributed by atoms with Crippen LogP contribution in [0.2, 0.25) is 0 Å². The molecule has 0 spiro atoms. The van der Waals surface area contributed by atoms with Crippen molar-refractivity contribution in [2.24, 2.45) is 0 Å². The van der Waals surface area contributed by atoms with Gasteiger partial charge in [-0.25, -0.2) is 9.78 Å². The number of rotatable bonds is 6. The zero-order valence-corrected chi connectivity index (χ0v) is 16.7. The molecule has 0 saturated heterocycles. The van der Waals surface area contributed by atoms with Crippen LogP contribution in [0.1, 0.15) is 38.8 Å². The number of benzene rings is 2. The Labute approximate surface area is 169 Å². The van der Waals surface area contributed by atoms with Gasteiger partial charge in [0, 0.05) is 17.6 Å². The first-order valence-electron chi connectivity index (χ1n) is 9.35. The predicted molar refractivity (Wildman–Crippen MR) is 114 cm³/mol. The van der Waals surface area contributed by atoms with E-state index in [1.54, 1.807) is 43.3 Å². The molecule has 6 nitrogen and oxygen atoms in total. The summed E-state index contributed by atoms with van der Waals surface area (Å²) in [6, 6.07) is 16.1. The Morgan fingerprint density at radius 1 is 0.897 bits per heavy atom. The van der Waals surface area contributed by atoms with Gasteiger partial charge in [0.2, 0.25) is 0 Å². The minimum Gasteiger partial charge on any atom is -0.462 e. The second-order valence-corrected chi connectivity index (χ2v) is 6.61. The highest BCUT2D eigenvalue weighted by atomic mass is 16.5. The molecule has 3 aromatic rings. The number of pyridine rings is 1. The lowest BCUT2D eigenvalue weighted by atomic mass is 10.1. The van der Waals surface area contributed by atoms with Crippen LogP contribution in [-0.2, 0) is 4.74 Å². The summed E-state index contributed by atoms with van der Waals surface area (Å²) in [6.45, 7) is 6.19. The van der Waals surface area contributed by atoms with Gasteiger partial charge in [0.15, 0.2) is 0 Å². The molecule has 0 saturated carbocycles. The van der Waals surface area contributed by atoms with Crippen molar-refractivity contribution in [2.45, 2.75) is 20.8 Å². The number of anilines is 3. The molecule has 0 unspecified atom stereocenters. The van der Waals surface area contributed by atoms with Gasteiger partial charge in [0.05, 0.1) is 17.7 Å². The van der Waals surface area contributed by atoms with Crippen molar-refractivity contribution < 1.29 is 14.3 Å². The molecule has 3 rings (SSSR count). The highest BCUT2D eigenvalue weighted by Gasteiger charge is 2.09. The Kier molecular flexibility index (Phi) is 6.24. The second kappa shape index (κ2) is 9.01. The summed E-state index contributed by atoms with van der Waals surface area (Å²) in [5.41, 5.74) is 4.82. The number of carbonyl (C=O) groups excluding carboxylic acids is 2. The molecule has 2 aromatic carbocycles. The molecule has 6 heteroatoms. The van der Waals surface area contributed by atoms with E-state index in [0.717, 1.165) is 5.69 Å². The molecule has 0 fully saturated rings. The van der Waals surface area contributed by atoms with E-state index >= 15 is 0 Å². The normalized spacial score (nSPS) is 10.3. The van der Waals surface area contributed by atoms with Crippen LogP contribution in [0.4, 0.5) is 17.2 Å². The van der Waals surface area contributed by atoms with Crippen molar-refractivity contribution in [3.05, 3.63) is 83.0 Å². The zero-order chi connectivity index (χ0) is 20.8. The third-order valence-corrected chi connectivity index (χ3v) is 4.46. The summed E-state index contributed by atoms with van der Waals surface area (Å²) in [7, 11) is 0. The van der Waals surface area contributed by atoms with Crippen molar-refractivity contribution >= 4 is 29.1 Å². The fourth-order valence-corrected chi connectivity index (χ4v) is 2.68. The molecule has 0 radical (unpaired) electrons. The average molecular weight is 389 g/mol. The van der Waals surface area contributed by atoms with Crippen molar-refractivity contribution in [3.8, 4) is 0 Å². The van der Waals surface area contributed by atoms with Crippen molar-refractivity contribution in [1.82, 2.24) is 4.98 Å². The van der Waals surface area contributed by atoms with Crippen LogP contribution in [0.15, 0.2) is 60.8 Å². The molecule has 0 aliphatic rings. The minimum absolute atomic E-state index is 0.279. The fraction of sp³-hybridized carbons (Fsp3) is 0.174. The van der Waals surface area contributed by atoms with Crippen molar-refractivity contribution in [3.63, 3.8) is 0 Å². The summed E-state index contributed by atoms with van der Waals surface area (Å²) < 4.78 is 4.94. The number of aryl methyl sites for hydroxylation is 2. The lowest BCUT2D eigenvalue weighted by Crippen LogP contribution is -2.12. The van der Waals surface area contributed by atoms with Gasteiger partial charge in [-0.2, -0.15) is 0 Å². The SMILES string of the molecule is CCOC(=O)c1ccc(NC(=O)c2ccc(Nc3ccc(C)c(C)c3)nc2)cc1. The monoisotopic (exact) mass is 389 g/mol. The topological polar surface area (TPSA) is 80.3 Å². The van der Waals surface area contributed by atoms with E-state index in [9.17, 15) is 9.59 Å². The second-order valence-electron chi connectivity index (χ2n) is 6.61. The van der Waals surface area contributed by atoms with Gasteiger partial charge in [0.25, 0.3) is 5.91 Å². The number of amides is 1. The van der Waals surface area contributed by atoms with Crippen LogP contribution < -0.4 is 10.6 Å². The number of nitrogens with zero attached hydrogens (tertiary/aromatic N) is 1. The smallest absolute Gasteiger partial charge is 0.338 e. The predicted octanol–water partition coefficient (Wildman–Crippen LogP) is 4.87. The number of hydrogen-bond donors (Lipinski definition) is 2. The van der Waals surface area contributed by atoms with Gasteiger partial charge >= 0.3 is 5.97 Å². The van der Waals surface area contributed by atoms with Gasteiger partial charge in [-0.15, -0.1) is 0 Å². The largest absolute Gasteiger partial charge is 0.462 e. The maximum atomic E-state index is 12.4. The maximum Gasteiger partial charge on any atom is 0.338 e. The molecule has 0 aliphatic heterocycles. The Balaban J connectivity index is 1.62. The Hall–Kier alpha value is -3.67. The van der Waals surface area contributed by atoms with E-state index in [0.29, 0.717) is 29.2 Å². The molecule has 2 N–H and O–H groups in total. The number of hydrogen-bond acceptors (Lipinski definition) is 5. The lowest BCUT2D eigenvalue weighted by Gasteiger charge is -2.09. The number of nitrogens with one attached hydrogen (secondary N) is 2. The molecule has 0 bridgehead atoms.